The topological polar surface area (TPSA) is 99.5 Å². The molecule has 0 radical (unpaired) electrons. The number of esters is 1. The number of methoxy groups -OCH3 is 1. The molecule has 0 aliphatic rings. The molecule has 162 valence electrons. The van der Waals surface area contributed by atoms with Crippen LogP contribution in [0.4, 0.5) is 5.69 Å². The maximum atomic E-state index is 12.2. The second-order valence-electron chi connectivity index (χ2n) is 6.96. The molecule has 1 N–H and O–H groups in total. The van der Waals surface area contributed by atoms with Gasteiger partial charge in [0.25, 0.3) is 5.56 Å². The molecule has 0 saturated heterocycles. The van der Waals surface area contributed by atoms with Crippen LogP contribution >= 0.6 is 11.6 Å². The van der Waals surface area contributed by atoms with Gasteiger partial charge in [0.1, 0.15) is 17.4 Å². The van der Waals surface area contributed by atoms with E-state index in [-0.39, 0.29) is 30.0 Å². The molecule has 0 unspecified atom stereocenters. The van der Waals surface area contributed by atoms with Gasteiger partial charge in [-0.15, -0.1) is 0 Å². The lowest BCUT2D eigenvalue weighted by Gasteiger charge is -2.13. The van der Waals surface area contributed by atoms with Crippen molar-refractivity contribution in [2.45, 2.75) is 39.7 Å². The number of benzene rings is 1. The highest BCUT2D eigenvalue weighted by molar-refractivity contribution is 6.33. The average Bonchev–Trinajstić information content (AvgIpc) is 2.73. The van der Waals surface area contributed by atoms with Gasteiger partial charge in [-0.25, -0.2) is 9.48 Å². The molecule has 1 aromatic carbocycles. The smallest absolute Gasteiger partial charge is 0.337 e. The monoisotopic (exact) mass is 435 g/mol. The molecule has 0 fully saturated rings. The number of nitrogens with one attached hydrogen (secondary N) is 1. The van der Waals surface area contributed by atoms with E-state index >= 15 is 0 Å². The van der Waals surface area contributed by atoms with Crippen LogP contribution in [-0.2, 0) is 16.0 Å². The van der Waals surface area contributed by atoms with Crippen LogP contribution in [0.1, 0.15) is 49.2 Å². The number of hydrogen-bond donors (Lipinski definition) is 1. The van der Waals surface area contributed by atoms with Crippen molar-refractivity contribution in [1.82, 2.24) is 9.78 Å². The predicted octanol–water partition coefficient (Wildman–Crippen LogP) is 3.28. The second kappa shape index (κ2) is 10.8. The van der Waals surface area contributed by atoms with Gasteiger partial charge in [0.2, 0.25) is 0 Å². The van der Waals surface area contributed by atoms with Crippen molar-refractivity contribution < 1.29 is 19.1 Å². The van der Waals surface area contributed by atoms with Gasteiger partial charge < -0.3 is 14.8 Å². The van der Waals surface area contributed by atoms with E-state index in [4.69, 9.17) is 21.1 Å². The van der Waals surface area contributed by atoms with E-state index < -0.39 is 11.5 Å². The number of anilines is 1. The first-order chi connectivity index (χ1) is 14.3. The molecule has 30 heavy (non-hydrogen) atoms. The summed E-state index contributed by atoms with van der Waals surface area (Å²) in [7, 11) is 1.32. The Balaban J connectivity index is 2.00. The molecule has 2 aromatic rings. The highest BCUT2D eigenvalue weighted by Crippen LogP contribution is 2.22. The largest absolute Gasteiger partial charge is 0.485 e. The molecule has 0 atom stereocenters. The minimum atomic E-state index is -0.427. The van der Waals surface area contributed by atoms with Gasteiger partial charge in [-0.1, -0.05) is 24.9 Å². The van der Waals surface area contributed by atoms with E-state index in [2.05, 4.69) is 10.4 Å². The summed E-state index contributed by atoms with van der Waals surface area (Å²) in [6.45, 7) is 5.41. The standard InChI is InChI=1S/C21H26ClN3O5/c1-5-6-14-9-15(21(28)29-4)7-8-18(14)30-12-16(26)10-23-17-11-24-25(13(2)3)20(27)19(17)22/h7-9,11,13,23H,5-6,10,12H2,1-4H3. The molecule has 2 rings (SSSR count). The van der Waals surface area contributed by atoms with Gasteiger partial charge in [0, 0.05) is 0 Å². The van der Waals surface area contributed by atoms with Gasteiger partial charge in [-0.2, -0.15) is 5.10 Å². The molecule has 0 bridgehead atoms. The van der Waals surface area contributed by atoms with Crippen molar-refractivity contribution in [3.63, 3.8) is 0 Å². The maximum Gasteiger partial charge on any atom is 0.337 e. The molecule has 9 heteroatoms. The summed E-state index contributed by atoms with van der Waals surface area (Å²) in [4.78, 5) is 36.1. The summed E-state index contributed by atoms with van der Waals surface area (Å²) in [5.41, 5.74) is 1.13. The van der Waals surface area contributed by atoms with Crippen LogP contribution in [0.5, 0.6) is 5.75 Å². The van der Waals surface area contributed by atoms with Crippen molar-refractivity contribution in [3.05, 3.63) is 50.9 Å². The van der Waals surface area contributed by atoms with E-state index in [1.165, 1.54) is 18.0 Å². The number of rotatable bonds is 10. The van der Waals surface area contributed by atoms with Crippen LogP contribution in [0, 0.1) is 0 Å². The lowest BCUT2D eigenvalue weighted by Crippen LogP contribution is -2.27. The molecule has 0 saturated carbocycles. The third-order valence-corrected chi connectivity index (χ3v) is 4.66. The van der Waals surface area contributed by atoms with Crippen LogP contribution < -0.4 is 15.6 Å². The fourth-order valence-electron chi connectivity index (χ4n) is 2.77. The average molecular weight is 436 g/mol. The number of halogens is 1. The third-order valence-electron chi connectivity index (χ3n) is 4.30. The summed E-state index contributed by atoms with van der Waals surface area (Å²) in [6.07, 6.45) is 2.96. The molecule has 8 nitrogen and oxygen atoms in total. The highest BCUT2D eigenvalue weighted by Gasteiger charge is 2.14. The Hall–Kier alpha value is -2.87. The Bertz CT molecular complexity index is 972. The number of nitrogens with zero attached hydrogens (tertiary/aromatic N) is 2. The number of ether oxygens (including phenoxy) is 2. The van der Waals surface area contributed by atoms with Gasteiger partial charge in [-0.3, -0.25) is 9.59 Å². The van der Waals surface area contributed by atoms with Crippen molar-refractivity contribution >= 4 is 29.0 Å². The number of ketones is 1. The Morgan fingerprint density at radius 3 is 2.67 bits per heavy atom. The molecular formula is C21H26ClN3O5. The minimum absolute atomic E-state index is 0.0175. The van der Waals surface area contributed by atoms with E-state index in [9.17, 15) is 14.4 Å². The number of aromatic nitrogens is 2. The summed E-state index contributed by atoms with van der Waals surface area (Å²) in [5.74, 6) is -0.125. The summed E-state index contributed by atoms with van der Waals surface area (Å²) in [5, 5.41) is 6.86. The van der Waals surface area contributed by atoms with Crippen LogP contribution in [0.3, 0.4) is 0 Å². The highest BCUT2D eigenvalue weighted by atomic mass is 35.5. The summed E-state index contributed by atoms with van der Waals surface area (Å²) >= 11 is 6.09. The number of carbonyl (C=O) groups excluding carboxylic acids is 2. The zero-order valence-electron chi connectivity index (χ0n) is 17.5. The van der Waals surface area contributed by atoms with Crippen molar-refractivity contribution in [3.8, 4) is 5.75 Å². The third kappa shape index (κ3) is 5.82. The number of Topliss-reactive ketones (excluding diaryl/α,β-unsaturated/α-hetero) is 1. The Labute approximate surface area is 180 Å². The Morgan fingerprint density at radius 2 is 2.03 bits per heavy atom. The normalized spacial score (nSPS) is 10.7. The van der Waals surface area contributed by atoms with E-state index in [0.29, 0.717) is 23.4 Å². The summed E-state index contributed by atoms with van der Waals surface area (Å²) in [6, 6.07) is 4.84. The minimum Gasteiger partial charge on any atom is -0.485 e. The van der Waals surface area contributed by atoms with Crippen LogP contribution in [0.25, 0.3) is 0 Å². The first kappa shape index (κ1) is 23.4. The molecular weight excluding hydrogens is 410 g/mol. The zero-order chi connectivity index (χ0) is 22.3. The van der Waals surface area contributed by atoms with Gasteiger partial charge in [-0.05, 0) is 44.0 Å². The lowest BCUT2D eigenvalue weighted by atomic mass is 10.1. The molecule has 1 aromatic heterocycles. The summed E-state index contributed by atoms with van der Waals surface area (Å²) < 4.78 is 11.7. The van der Waals surface area contributed by atoms with E-state index in [1.54, 1.807) is 18.2 Å². The van der Waals surface area contributed by atoms with E-state index in [1.807, 2.05) is 20.8 Å². The molecule has 0 amide bonds. The SMILES string of the molecule is CCCc1cc(C(=O)OC)ccc1OCC(=O)CNc1cnn(C(C)C)c(=O)c1Cl. The molecule has 0 aliphatic heterocycles. The molecule has 0 aliphatic carbocycles. The van der Waals surface area contributed by atoms with E-state index in [0.717, 1.165) is 12.0 Å². The Morgan fingerprint density at radius 1 is 1.30 bits per heavy atom. The van der Waals surface area contributed by atoms with Crippen molar-refractivity contribution in [2.75, 3.05) is 25.6 Å². The van der Waals surface area contributed by atoms with Crippen LogP contribution in [-0.4, -0.2) is 41.8 Å². The Kier molecular flexibility index (Phi) is 8.41. The zero-order valence-corrected chi connectivity index (χ0v) is 18.3. The first-order valence-corrected chi connectivity index (χ1v) is 10.0. The fraction of sp³-hybridized carbons (Fsp3) is 0.429. The van der Waals surface area contributed by atoms with Crippen LogP contribution in [0.2, 0.25) is 5.02 Å². The van der Waals surface area contributed by atoms with Gasteiger partial charge in [0.15, 0.2) is 5.78 Å². The first-order valence-electron chi connectivity index (χ1n) is 9.65. The fourth-order valence-corrected chi connectivity index (χ4v) is 2.97. The second-order valence-corrected chi connectivity index (χ2v) is 7.34. The van der Waals surface area contributed by atoms with Gasteiger partial charge in [0.05, 0.1) is 37.1 Å². The number of hydrogen-bond acceptors (Lipinski definition) is 7. The number of aryl methyl sites for hydroxylation is 1. The lowest BCUT2D eigenvalue weighted by molar-refractivity contribution is -0.119. The predicted molar refractivity (Wildman–Crippen MR) is 115 cm³/mol. The molecule has 1 heterocycles. The van der Waals surface area contributed by atoms with Crippen molar-refractivity contribution in [1.29, 1.82) is 0 Å². The molecule has 0 spiro atoms. The number of carbonyl (C=O) groups is 2. The van der Waals surface area contributed by atoms with Crippen LogP contribution in [0.15, 0.2) is 29.2 Å². The van der Waals surface area contributed by atoms with Gasteiger partial charge >= 0.3 is 5.97 Å². The maximum absolute atomic E-state index is 12.2. The quantitative estimate of drug-likeness (QED) is 0.571. The van der Waals surface area contributed by atoms with Crippen molar-refractivity contribution in [2.24, 2.45) is 0 Å².